The number of carbonyl (C=O) groups is 2. The van der Waals surface area contributed by atoms with Crippen LogP contribution in [-0.2, 0) is 9.59 Å². The van der Waals surface area contributed by atoms with E-state index in [1.807, 2.05) is 18.7 Å². The van der Waals surface area contributed by atoms with Crippen molar-refractivity contribution in [2.45, 2.75) is 64.8 Å². The van der Waals surface area contributed by atoms with Gasteiger partial charge in [0.15, 0.2) is 0 Å². The van der Waals surface area contributed by atoms with Crippen molar-refractivity contribution in [1.82, 2.24) is 10.2 Å². The van der Waals surface area contributed by atoms with Gasteiger partial charge in [-0.2, -0.15) is 0 Å². The van der Waals surface area contributed by atoms with Gasteiger partial charge in [-0.15, -0.1) is 0 Å². The van der Waals surface area contributed by atoms with Crippen LogP contribution in [0.2, 0.25) is 0 Å². The van der Waals surface area contributed by atoms with Crippen LogP contribution in [0.15, 0.2) is 12.2 Å². The molecule has 2 unspecified atom stereocenters. The molecule has 0 aliphatic heterocycles. The van der Waals surface area contributed by atoms with Crippen LogP contribution >= 0.6 is 0 Å². The lowest BCUT2D eigenvalue weighted by atomic mass is 9.81. The zero-order chi connectivity index (χ0) is 15.9. The molecule has 22 heavy (non-hydrogen) atoms. The Bertz CT molecular complexity index is 409. The second-order valence-corrected chi connectivity index (χ2v) is 6.51. The summed E-state index contributed by atoms with van der Waals surface area (Å²) in [5.74, 6) is -0.159. The number of hydrogen-bond acceptors (Lipinski definition) is 2. The van der Waals surface area contributed by atoms with Gasteiger partial charge in [-0.25, -0.2) is 0 Å². The van der Waals surface area contributed by atoms with E-state index in [2.05, 4.69) is 17.5 Å². The van der Waals surface area contributed by atoms with E-state index in [0.717, 1.165) is 12.8 Å². The van der Waals surface area contributed by atoms with Crippen molar-refractivity contribution >= 4 is 11.8 Å². The average Bonchev–Trinajstić information content (AvgIpc) is 2.56. The maximum absolute atomic E-state index is 12.7. The van der Waals surface area contributed by atoms with Crippen molar-refractivity contribution < 1.29 is 9.59 Å². The Labute approximate surface area is 134 Å². The minimum absolute atomic E-state index is 0.0850. The molecule has 2 aliphatic carbocycles. The van der Waals surface area contributed by atoms with Crippen molar-refractivity contribution in [3.63, 3.8) is 0 Å². The number of carbonyl (C=O) groups excluding carboxylic acids is 2. The number of hydrogen-bond donors (Lipinski definition) is 1. The van der Waals surface area contributed by atoms with Crippen LogP contribution in [0.5, 0.6) is 0 Å². The van der Waals surface area contributed by atoms with Crippen molar-refractivity contribution in [1.29, 1.82) is 0 Å². The van der Waals surface area contributed by atoms with E-state index in [4.69, 9.17) is 0 Å². The number of rotatable bonds is 5. The fraction of sp³-hybridized carbons (Fsp3) is 0.778. The largest absolute Gasteiger partial charge is 0.353 e. The first kappa shape index (κ1) is 17.0. The van der Waals surface area contributed by atoms with E-state index in [1.165, 1.54) is 19.3 Å². The quantitative estimate of drug-likeness (QED) is 0.794. The third kappa shape index (κ3) is 4.11. The summed E-state index contributed by atoms with van der Waals surface area (Å²) in [6, 6.07) is 0.316. The molecule has 0 aromatic carbocycles. The summed E-state index contributed by atoms with van der Waals surface area (Å²) in [5, 5.41) is 3.20. The summed E-state index contributed by atoms with van der Waals surface area (Å²) in [5.41, 5.74) is 0. The minimum Gasteiger partial charge on any atom is -0.353 e. The van der Waals surface area contributed by atoms with Crippen LogP contribution in [0.3, 0.4) is 0 Å². The van der Waals surface area contributed by atoms with Gasteiger partial charge >= 0.3 is 0 Å². The van der Waals surface area contributed by atoms with Crippen LogP contribution in [-0.4, -0.2) is 35.8 Å². The van der Waals surface area contributed by atoms with Gasteiger partial charge in [-0.05, 0) is 39.5 Å². The molecule has 1 saturated carbocycles. The highest BCUT2D eigenvalue weighted by molar-refractivity contribution is 5.88. The van der Waals surface area contributed by atoms with E-state index >= 15 is 0 Å². The number of amides is 2. The van der Waals surface area contributed by atoms with E-state index in [9.17, 15) is 9.59 Å². The van der Waals surface area contributed by atoms with Gasteiger partial charge in [0, 0.05) is 19.1 Å². The molecule has 2 aliphatic rings. The molecule has 0 saturated heterocycles. The van der Waals surface area contributed by atoms with Crippen LogP contribution < -0.4 is 5.32 Å². The SMILES string of the molecule is CCN(CC)C(=O)C1CC=CCC1C(=O)NC1CCCCC1. The highest BCUT2D eigenvalue weighted by Crippen LogP contribution is 2.28. The molecule has 2 amide bonds. The Hall–Kier alpha value is -1.32. The van der Waals surface area contributed by atoms with Gasteiger partial charge in [0.1, 0.15) is 0 Å². The topological polar surface area (TPSA) is 49.4 Å². The molecular formula is C18H30N2O2. The first-order chi connectivity index (χ1) is 10.7. The first-order valence-corrected chi connectivity index (χ1v) is 8.91. The normalized spacial score (nSPS) is 25.7. The molecule has 4 nitrogen and oxygen atoms in total. The van der Waals surface area contributed by atoms with E-state index < -0.39 is 0 Å². The Morgan fingerprint density at radius 1 is 1.00 bits per heavy atom. The molecule has 2 rings (SSSR count). The van der Waals surface area contributed by atoms with Gasteiger partial charge < -0.3 is 10.2 Å². The van der Waals surface area contributed by atoms with Crippen molar-refractivity contribution in [2.75, 3.05) is 13.1 Å². The number of allylic oxidation sites excluding steroid dienone is 2. The van der Waals surface area contributed by atoms with Crippen LogP contribution in [0.1, 0.15) is 58.8 Å². The minimum atomic E-state index is -0.194. The lowest BCUT2D eigenvalue weighted by molar-refractivity contribution is -0.142. The van der Waals surface area contributed by atoms with Crippen molar-refractivity contribution in [3.8, 4) is 0 Å². The lowest BCUT2D eigenvalue weighted by Crippen LogP contribution is -2.47. The fourth-order valence-electron chi connectivity index (χ4n) is 3.70. The Balaban J connectivity index is 2.00. The summed E-state index contributed by atoms with van der Waals surface area (Å²) < 4.78 is 0. The average molecular weight is 306 g/mol. The monoisotopic (exact) mass is 306 g/mol. The molecule has 4 heteroatoms. The third-order valence-corrected chi connectivity index (χ3v) is 5.11. The van der Waals surface area contributed by atoms with Gasteiger partial charge in [-0.3, -0.25) is 9.59 Å². The van der Waals surface area contributed by atoms with Gasteiger partial charge in [0.05, 0.1) is 11.8 Å². The number of nitrogens with one attached hydrogen (secondary N) is 1. The summed E-state index contributed by atoms with van der Waals surface area (Å²) in [6.07, 6.45) is 11.4. The molecule has 0 aromatic rings. The zero-order valence-electron chi connectivity index (χ0n) is 14.0. The maximum atomic E-state index is 12.7. The lowest BCUT2D eigenvalue weighted by Gasteiger charge is -2.32. The first-order valence-electron chi connectivity index (χ1n) is 8.91. The third-order valence-electron chi connectivity index (χ3n) is 5.11. The standard InChI is InChI=1S/C18H30N2O2/c1-3-20(4-2)18(22)16-13-9-8-12-15(16)17(21)19-14-10-6-5-7-11-14/h8-9,14-16H,3-7,10-13H2,1-2H3,(H,19,21). The summed E-state index contributed by atoms with van der Waals surface area (Å²) in [6.45, 7) is 5.42. The molecule has 0 radical (unpaired) electrons. The Kier molecular flexibility index (Phi) is 6.47. The van der Waals surface area contributed by atoms with Crippen molar-refractivity contribution in [2.24, 2.45) is 11.8 Å². The highest BCUT2D eigenvalue weighted by atomic mass is 16.2. The molecule has 0 spiro atoms. The molecule has 0 aromatic heterocycles. The van der Waals surface area contributed by atoms with Crippen LogP contribution in [0, 0.1) is 11.8 Å². The molecule has 124 valence electrons. The summed E-state index contributed by atoms with van der Waals surface area (Å²) >= 11 is 0. The second kappa shape index (κ2) is 8.35. The maximum Gasteiger partial charge on any atom is 0.226 e. The molecular weight excluding hydrogens is 276 g/mol. The molecule has 1 N–H and O–H groups in total. The van der Waals surface area contributed by atoms with Crippen LogP contribution in [0.4, 0.5) is 0 Å². The van der Waals surface area contributed by atoms with Gasteiger partial charge in [0.25, 0.3) is 0 Å². The van der Waals surface area contributed by atoms with E-state index in [1.54, 1.807) is 0 Å². The van der Waals surface area contributed by atoms with Gasteiger partial charge in [0.2, 0.25) is 11.8 Å². The smallest absolute Gasteiger partial charge is 0.226 e. The second-order valence-electron chi connectivity index (χ2n) is 6.51. The Morgan fingerprint density at radius 3 is 2.18 bits per heavy atom. The molecule has 1 fully saturated rings. The van der Waals surface area contributed by atoms with Crippen molar-refractivity contribution in [3.05, 3.63) is 12.2 Å². The summed E-state index contributed by atoms with van der Waals surface area (Å²) in [4.78, 5) is 27.2. The predicted octanol–water partition coefficient (Wildman–Crippen LogP) is 2.89. The van der Waals surface area contributed by atoms with E-state index in [-0.39, 0.29) is 23.7 Å². The molecule has 2 atom stereocenters. The molecule has 0 bridgehead atoms. The zero-order valence-corrected chi connectivity index (χ0v) is 14.0. The predicted molar refractivity (Wildman–Crippen MR) is 88.3 cm³/mol. The summed E-state index contributed by atoms with van der Waals surface area (Å²) in [7, 11) is 0. The molecule has 0 heterocycles. The highest BCUT2D eigenvalue weighted by Gasteiger charge is 2.36. The van der Waals surface area contributed by atoms with Crippen LogP contribution in [0.25, 0.3) is 0 Å². The fourth-order valence-corrected chi connectivity index (χ4v) is 3.70. The van der Waals surface area contributed by atoms with Gasteiger partial charge in [-0.1, -0.05) is 31.4 Å². The van der Waals surface area contributed by atoms with E-state index in [0.29, 0.717) is 32.0 Å². The Morgan fingerprint density at radius 2 is 1.59 bits per heavy atom. The number of nitrogens with zero attached hydrogens (tertiary/aromatic N) is 1.